The normalized spacial score (nSPS) is 11.1. The molecule has 4 rings (SSSR count). The molecule has 2 amide bonds. The predicted molar refractivity (Wildman–Crippen MR) is 134 cm³/mol. The molecule has 10 nitrogen and oxygen atoms in total. The monoisotopic (exact) mass is 505 g/mol. The fraction of sp³-hybridized carbons (Fsp3) is 0.120. The molecule has 0 radical (unpaired) electrons. The molecular weight excluding hydrogens is 482 g/mol. The van der Waals surface area contributed by atoms with Gasteiger partial charge in [0.05, 0.1) is 16.8 Å². The number of amides is 2. The zero-order valence-corrected chi connectivity index (χ0v) is 20.5. The Labute approximate surface area is 207 Å². The van der Waals surface area contributed by atoms with Gasteiger partial charge < -0.3 is 10.1 Å². The van der Waals surface area contributed by atoms with Crippen LogP contribution in [0.2, 0.25) is 0 Å². The largest absolute Gasteiger partial charge is 0.457 e. The van der Waals surface area contributed by atoms with Crippen LogP contribution in [0.1, 0.15) is 22.8 Å². The van der Waals surface area contributed by atoms with Gasteiger partial charge in [-0.25, -0.2) is 13.8 Å². The Bertz CT molecular complexity index is 1550. The van der Waals surface area contributed by atoms with Gasteiger partial charge in [-0.05, 0) is 61.0 Å². The maximum Gasteiger partial charge on any atom is 0.257 e. The van der Waals surface area contributed by atoms with Crippen LogP contribution in [0.15, 0.2) is 78.0 Å². The zero-order chi connectivity index (χ0) is 25.9. The number of benzene rings is 2. The number of rotatable bonds is 7. The first-order chi connectivity index (χ1) is 17.1. The molecule has 0 saturated heterocycles. The predicted octanol–water partition coefficient (Wildman–Crippen LogP) is 3.79. The maximum atomic E-state index is 13.1. The van der Waals surface area contributed by atoms with Gasteiger partial charge in [-0.2, -0.15) is 4.79 Å². The highest BCUT2D eigenvalue weighted by atomic mass is 32.2. The Hall–Kier alpha value is -4.51. The Morgan fingerprint density at radius 2 is 1.75 bits per heavy atom. The molecule has 0 bridgehead atoms. The molecule has 0 spiro atoms. The standard InChI is InChI=1S/C25H23N5O5S/c1-16-5-4-11-26-24(16)18-13-19(25(32)27-23-10-12-30(29-23)28-17(2)31)15-21(14-18)35-20-6-8-22(9-7-20)36(3,33)34/h4-15H,1-3H3,(H,28,31)(H,27,29,32). The summed E-state index contributed by atoms with van der Waals surface area (Å²) < 4.78 is 29.4. The van der Waals surface area contributed by atoms with Crippen molar-refractivity contribution < 1.29 is 22.7 Å². The highest BCUT2D eigenvalue weighted by Crippen LogP contribution is 2.30. The third kappa shape index (κ3) is 5.94. The molecule has 0 fully saturated rings. The van der Waals surface area contributed by atoms with Gasteiger partial charge in [-0.3, -0.25) is 14.6 Å². The SMILES string of the molecule is CC(=O)Nn1ccc(NC(=O)c2cc(Oc3ccc(S(C)(=O)=O)cc3)cc(-c3ncccc3C)c2)n1. The number of hydrogen-bond acceptors (Lipinski definition) is 7. The number of aromatic nitrogens is 3. The van der Waals surface area contributed by atoms with Crippen molar-refractivity contribution in [3.05, 3.63) is 84.2 Å². The topological polar surface area (TPSA) is 132 Å². The molecule has 0 atom stereocenters. The lowest BCUT2D eigenvalue weighted by atomic mass is 10.0. The summed E-state index contributed by atoms with van der Waals surface area (Å²) in [5.41, 5.74) is 5.01. The second-order valence-corrected chi connectivity index (χ2v) is 10.0. The van der Waals surface area contributed by atoms with Crippen LogP contribution in [0, 0.1) is 6.92 Å². The highest BCUT2D eigenvalue weighted by Gasteiger charge is 2.15. The summed E-state index contributed by atoms with van der Waals surface area (Å²) in [4.78, 5) is 30.1. The van der Waals surface area contributed by atoms with Gasteiger partial charge >= 0.3 is 0 Å². The van der Waals surface area contributed by atoms with Crippen LogP contribution < -0.4 is 15.5 Å². The number of carbonyl (C=O) groups excluding carboxylic acids is 2. The van der Waals surface area contributed by atoms with Gasteiger partial charge in [0, 0.05) is 36.6 Å². The van der Waals surface area contributed by atoms with E-state index in [1.54, 1.807) is 42.6 Å². The number of anilines is 1. The number of sulfone groups is 1. The van der Waals surface area contributed by atoms with Crippen LogP contribution >= 0.6 is 0 Å². The summed E-state index contributed by atoms with van der Waals surface area (Å²) in [5, 5.41) is 6.78. The minimum atomic E-state index is -3.34. The third-order valence-corrected chi connectivity index (χ3v) is 6.17. The first kappa shape index (κ1) is 24.6. The van der Waals surface area contributed by atoms with Crippen molar-refractivity contribution in [2.45, 2.75) is 18.7 Å². The average Bonchev–Trinajstić information content (AvgIpc) is 3.24. The summed E-state index contributed by atoms with van der Waals surface area (Å²) in [5.74, 6) is 0.250. The second kappa shape index (κ2) is 10.0. The fourth-order valence-corrected chi connectivity index (χ4v) is 4.04. The Morgan fingerprint density at radius 1 is 1.00 bits per heavy atom. The van der Waals surface area contributed by atoms with Crippen molar-refractivity contribution in [1.82, 2.24) is 14.9 Å². The lowest BCUT2D eigenvalue weighted by Gasteiger charge is -2.12. The molecule has 0 saturated carbocycles. The molecule has 0 aliphatic rings. The molecule has 184 valence electrons. The van der Waals surface area contributed by atoms with Crippen LogP contribution in [-0.2, 0) is 14.6 Å². The van der Waals surface area contributed by atoms with Gasteiger partial charge in [-0.1, -0.05) is 6.07 Å². The van der Waals surface area contributed by atoms with Gasteiger partial charge in [0.25, 0.3) is 5.91 Å². The molecule has 2 aromatic heterocycles. The van der Waals surface area contributed by atoms with E-state index in [-0.39, 0.29) is 22.2 Å². The van der Waals surface area contributed by atoms with Gasteiger partial charge in [-0.15, -0.1) is 5.10 Å². The molecule has 0 unspecified atom stereocenters. The number of nitrogens with one attached hydrogen (secondary N) is 2. The summed E-state index contributed by atoms with van der Waals surface area (Å²) >= 11 is 0. The average molecular weight is 506 g/mol. The molecule has 4 aromatic rings. The van der Waals surface area contributed by atoms with Crippen molar-refractivity contribution in [1.29, 1.82) is 0 Å². The molecule has 2 N–H and O–H groups in total. The number of hydrogen-bond donors (Lipinski definition) is 2. The molecule has 2 aromatic carbocycles. The highest BCUT2D eigenvalue weighted by molar-refractivity contribution is 7.90. The molecule has 0 aliphatic carbocycles. The smallest absolute Gasteiger partial charge is 0.257 e. The number of aryl methyl sites for hydroxylation is 1. The van der Waals surface area contributed by atoms with E-state index >= 15 is 0 Å². The van der Waals surface area contributed by atoms with Crippen molar-refractivity contribution in [3.8, 4) is 22.8 Å². The second-order valence-electron chi connectivity index (χ2n) is 8.03. The lowest BCUT2D eigenvalue weighted by Crippen LogP contribution is -2.20. The van der Waals surface area contributed by atoms with Gasteiger partial charge in [0.2, 0.25) is 5.91 Å². The minimum Gasteiger partial charge on any atom is -0.457 e. The third-order valence-electron chi connectivity index (χ3n) is 5.04. The molecular formula is C25H23N5O5S. The quantitative estimate of drug-likeness (QED) is 0.390. The van der Waals surface area contributed by atoms with E-state index in [4.69, 9.17) is 4.74 Å². The molecule has 36 heavy (non-hydrogen) atoms. The summed E-state index contributed by atoms with van der Waals surface area (Å²) in [6.45, 7) is 3.26. The van der Waals surface area contributed by atoms with E-state index in [1.165, 1.54) is 30.0 Å². The molecule has 0 aliphatic heterocycles. The summed E-state index contributed by atoms with van der Waals surface area (Å²) in [6.07, 6.45) is 4.29. The number of pyridine rings is 1. The van der Waals surface area contributed by atoms with E-state index in [9.17, 15) is 18.0 Å². The first-order valence-corrected chi connectivity index (χ1v) is 12.7. The Balaban J connectivity index is 1.67. The zero-order valence-electron chi connectivity index (χ0n) is 19.7. The fourth-order valence-electron chi connectivity index (χ4n) is 3.41. The van der Waals surface area contributed by atoms with Crippen molar-refractivity contribution in [2.75, 3.05) is 17.0 Å². The molecule has 11 heteroatoms. The van der Waals surface area contributed by atoms with Crippen LogP contribution in [0.25, 0.3) is 11.3 Å². The lowest BCUT2D eigenvalue weighted by molar-refractivity contribution is -0.115. The number of ether oxygens (including phenoxy) is 1. The Kier molecular flexibility index (Phi) is 6.84. The van der Waals surface area contributed by atoms with Crippen molar-refractivity contribution >= 4 is 27.5 Å². The van der Waals surface area contributed by atoms with Crippen LogP contribution in [0.3, 0.4) is 0 Å². The van der Waals surface area contributed by atoms with Crippen molar-refractivity contribution in [2.24, 2.45) is 0 Å². The van der Waals surface area contributed by atoms with Crippen LogP contribution in [0.5, 0.6) is 11.5 Å². The minimum absolute atomic E-state index is 0.173. The van der Waals surface area contributed by atoms with Crippen LogP contribution in [-0.4, -0.2) is 41.4 Å². The first-order valence-electron chi connectivity index (χ1n) is 10.8. The molecule has 2 heterocycles. The Morgan fingerprint density at radius 3 is 2.42 bits per heavy atom. The maximum absolute atomic E-state index is 13.1. The van der Waals surface area contributed by atoms with E-state index < -0.39 is 15.7 Å². The number of nitrogens with zero attached hydrogens (tertiary/aromatic N) is 3. The van der Waals surface area contributed by atoms with E-state index in [0.717, 1.165) is 11.8 Å². The van der Waals surface area contributed by atoms with E-state index in [1.807, 2.05) is 19.1 Å². The van der Waals surface area contributed by atoms with Crippen molar-refractivity contribution in [3.63, 3.8) is 0 Å². The summed E-state index contributed by atoms with van der Waals surface area (Å²) in [7, 11) is -3.34. The van der Waals surface area contributed by atoms with Gasteiger partial charge in [0.15, 0.2) is 15.7 Å². The summed E-state index contributed by atoms with van der Waals surface area (Å²) in [6, 6.07) is 16.3. The van der Waals surface area contributed by atoms with Crippen LogP contribution in [0.4, 0.5) is 5.82 Å². The van der Waals surface area contributed by atoms with E-state index in [2.05, 4.69) is 20.8 Å². The van der Waals surface area contributed by atoms with E-state index in [0.29, 0.717) is 22.8 Å². The number of carbonyl (C=O) groups is 2. The van der Waals surface area contributed by atoms with Gasteiger partial charge in [0.1, 0.15) is 11.5 Å².